The lowest BCUT2D eigenvalue weighted by Crippen LogP contribution is -2.20. The van der Waals surface area contributed by atoms with Gasteiger partial charge in [0, 0.05) is 11.8 Å². The zero-order chi connectivity index (χ0) is 22.8. The molecule has 0 bridgehead atoms. The molecule has 0 radical (unpaired) electrons. The summed E-state index contributed by atoms with van der Waals surface area (Å²) in [6.45, 7) is 13.6. The summed E-state index contributed by atoms with van der Waals surface area (Å²) in [6, 6.07) is 31.3. The molecular weight excluding hydrogens is 384 g/mol. The molecule has 0 fully saturated rings. The second-order valence-corrected chi connectivity index (χ2v) is 9.28. The molecule has 0 spiro atoms. The molecule has 0 saturated heterocycles. The normalized spacial score (nSPS) is 11.4. The van der Waals surface area contributed by atoms with Crippen molar-refractivity contribution in [2.45, 2.75) is 53.4 Å². The molecule has 0 N–H and O–H groups in total. The minimum Gasteiger partial charge on any atom is -0.0620 e. The Kier molecular flexibility index (Phi) is 6.33. The van der Waals surface area contributed by atoms with E-state index in [9.17, 15) is 0 Å². The molecular formula is C32H34. The Balaban J connectivity index is 2.14. The van der Waals surface area contributed by atoms with Gasteiger partial charge in [-0.05, 0) is 97.2 Å². The fourth-order valence-corrected chi connectivity index (χ4v) is 5.51. The van der Waals surface area contributed by atoms with Crippen LogP contribution in [0.2, 0.25) is 0 Å². The van der Waals surface area contributed by atoms with Gasteiger partial charge in [0.1, 0.15) is 0 Å². The zero-order valence-corrected chi connectivity index (χ0v) is 20.2. The van der Waals surface area contributed by atoms with Gasteiger partial charge in [0.2, 0.25) is 0 Å². The van der Waals surface area contributed by atoms with Crippen molar-refractivity contribution in [3.63, 3.8) is 0 Å². The molecule has 0 nitrogen and oxygen atoms in total. The predicted octanol–water partition coefficient (Wildman–Crippen LogP) is 8.50. The number of rotatable bonds is 5. The minimum absolute atomic E-state index is 0.233. The van der Waals surface area contributed by atoms with Crippen LogP contribution >= 0.6 is 0 Å². The van der Waals surface area contributed by atoms with Gasteiger partial charge in [0.05, 0.1) is 0 Å². The molecule has 0 heterocycles. The Morgan fingerprint density at radius 2 is 0.656 bits per heavy atom. The summed E-state index contributed by atoms with van der Waals surface area (Å²) in [5.74, 6) is 0.469. The largest absolute Gasteiger partial charge is 0.0620 e. The molecule has 4 rings (SSSR count). The van der Waals surface area contributed by atoms with Crippen LogP contribution in [0, 0.1) is 41.5 Å². The minimum atomic E-state index is 0.233. The summed E-state index contributed by atoms with van der Waals surface area (Å²) in [5.41, 5.74) is 13.9. The van der Waals surface area contributed by atoms with Gasteiger partial charge >= 0.3 is 0 Å². The van der Waals surface area contributed by atoms with Crippen LogP contribution in [-0.4, -0.2) is 0 Å². The van der Waals surface area contributed by atoms with Crippen molar-refractivity contribution >= 4 is 0 Å². The van der Waals surface area contributed by atoms with E-state index < -0.39 is 0 Å². The van der Waals surface area contributed by atoms with Gasteiger partial charge < -0.3 is 0 Å². The van der Waals surface area contributed by atoms with Crippen LogP contribution in [-0.2, 0) is 0 Å². The summed E-state index contributed by atoms with van der Waals surface area (Å²) in [5, 5.41) is 0. The molecule has 0 aliphatic rings. The van der Waals surface area contributed by atoms with Crippen LogP contribution in [0.25, 0.3) is 0 Å². The van der Waals surface area contributed by atoms with E-state index >= 15 is 0 Å². The van der Waals surface area contributed by atoms with Gasteiger partial charge in [-0.1, -0.05) is 84.9 Å². The van der Waals surface area contributed by atoms with Crippen LogP contribution in [0.15, 0.2) is 84.9 Å². The number of benzene rings is 4. The van der Waals surface area contributed by atoms with E-state index in [1.54, 1.807) is 0 Å². The number of hydrogen-bond acceptors (Lipinski definition) is 0. The Bertz CT molecular complexity index is 1110. The van der Waals surface area contributed by atoms with Crippen molar-refractivity contribution in [3.8, 4) is 0 Å². The first-order chi connectivity index (χ1) is 15.4. The third-order valence-corrected chi connectivity index (χ3v) is 7.09. The maximum Gasteiger partial charge on any atom is 0.0209 e. The average molecular weight is 419 g/mol. The van der Waals surface area contributed by atoms with Crippen molar-refractivity contribution in [3.05, 3.63) is 141 Å². The Hall–Kier alpha value is -3.12. The summed E-state index contributed by atoms with van der Waals surface area (Å²) in [4.78, 5) is 0. The summed E-state index contributed by atoms with van der Waals surface area (Å²) in [7, 11) is 0. The fraction of sp³-hybridized carbons (Fsp3) is 0.250. The highest BCUT2D eigenvalue weighted by Gasteiger charge is 2.33. The van der Waals surface area contributed by atoms with Crippen LogP contribution in [0.5, 0.6) is 0 Å². The molecule has 0 aliphatic heterocycles. The molecule has 0 aromatic heterocycles. The van der Waals surface area contributed by atoms with Gasteiger partial charge in [-0.15, -0.1) is 0 Å². The predicted molar refractivity (Wildman–Crippen MR) is 138 cm³/mol. The monoisotopic (exact) mass is 418 g/mol. The van der Waals surface area contributed by atoms with Crippen LogP contribution in [0.3, 0.4) is 0 Å². The maximum atomic E-state index is 2.33. The Morgan fingerprint density at radius 1 is 0.344 bits per heavy atom. The molecule has 0 amide bonds. The van der Waals surface area contributed by atoms with E-state index in [4.69, 9.17) is 0 Å². The van der Waals surface area contributed by atoms with E-state index in [-0.39, 0.29) is 11.8 Å². The van der Waals surface area contributed by atoms with Gasteiger partial charge in [0.25, 0.3) is 0 Å². The summed E-state index contributed by atoms with van der Waals surface area (Å²) < 4.78 is 0. The first-order valence-corrected chi connectivity index (χ1v) is 11.6. The van der Waals surface area contributed by atoms with Crippen molar-refractivity contribution in [2.75, 3.05) is 0 Å². The standard InChI is InChI=1S/C32H34/c1-21-13-7-9-19-27(21)31(28-20-10-8-14-22(28)2)32(29-23(3)15-11-16-24(29)4)30-25(5)17-12-18-26(30)6/h7-20,31-32H,1-6H3. The lowest BCUT2D eigenvalue weighted by Gasteiger charge is -2.35. The molecule has 4 aromatic rings. The van der Waals surface area contributed by atoms with Gasteiger partial charge in [-0.3, -0.25) is 0 Å². The maximum absolute atomic E-state index is 2.33. The Labute approximate surface area is 194 Å². The third-order valence-electron chi connectivity index (χ3n) is 7.09. The third kappa shape index (κ3) is 4.02. The topological polar surface area (TPSA) is 0 Å². The highest BCUT2D eigenvalue weighted by Crippen LogP contribution is 2.48. The smallest absolute Gasteiger partial charge is 0.0209 e. The van der Waals surface area contributed by atoms with E-state index in [0.717, 1.165) is 0 Å². The van der Waals surface area contributed by atoms with Gasteiger partial charge in [0.15, 0.2) is 0 Å². The van der Waals surface area contributed by atoms with Crippen molar-refractivity contribution < 1.29 is 0 Å². The SMILES string of the molecule is Cc1ccccc1C(c1ccccc1C)C(c1c(C)cccc1C)c1c(C)cccc1C. The van der Waals surface area contributed by atoms with Crippen LogP contribution in [0.1, 0.15) is 67.5 Å². The number of aryl methyl sites for hydroxylation is 6. The Morgan fingerprint density at radius 3 is 1.00 bits per heavy atom. The molecule has 0 saturated carbocycles. The fourth-order valence-electron chi connectivity index (χ4n) is 5.51. The van der Waals surface area contributed by atoms with Crippen LogP contribution < -0.4 is 0 Å². The molecule has 0 heteroatoms. The van der Waals surface area contributed by atoms with Gasteiger partial charge in [-0.2, -0.15) is 0 Å². The first-order valence-electron chi connectivity index (χ1n) is 11.6. The van der Waals surface area contributed by atoms with Crippen molar-refractivity contribution in [2.24, 2.45) is 0 Å². The molecule has 162 valence electrons. The first kappa shape index (κ1) is 22.1. The van der Waals surface area contributed by atoms with Crippen molar-refractivity contribution in [1.29, 1.82) is 0 Å². The molecule has 0 aliphatic carbocycles. The van der Waals surface area contributed by atoms with Crippen LogP contribution in [0.4, 0.5) is 0 Å². The van der Waals surface area contributed by atoms with E-state index in [1.807, 2.05) is 0 Å². The molecule has 32 heavy (non-hydrogen) atoms. The quantitative estimate of drug-likeness (QED) is 0.305. The number of hydrogen-bond donors (Lipinski definition) is 0. The molecule has 4 aromatic carbocycles. The average Bonchev–Trinajstić information content (AvgIpc) is 2.75. The van der Waals surface area contributed by atoms with Gasteiger partial charge in [-0.25, -0.2) is 0 Å². The lowest BCUT2D eigenvalue weighted by atomic mass is 9.68. The molecule has 0 unspecified atom stereocenters. The lowest BCUT2D eigenvalue weighted by molar-refractivity contribution is 0.671. The van der Waals surface area contributed by atoms with E-state index in [1.165, 1.54) is 55.6 Å². The summed E-state index contributed by atoms with van der Waals surface area (Å²) in [6.07, 6.45) is 0. The summed E-state index contributed by atoms with van der Waals surface area (Å²) >= 11 is 0. The van der Waals surface area contributed by atoms with E-state index in [0.29, 0.717) is 0 Å². The van der Waals surface area contributed by atoms with E-state index in [2.05, 4.69) is 126 Å². The zero-order valence-electron chi connectivity index (χ0n) is 20.2. The highest BCUT2D eigenvalue weighted by atomic mass is 14.4. The second kappa shape index (κ2) is 9.17. The molecule has 0 atom stereocenters. The highest BCUT2D eigenvalue weighted by molar-refractivity contribution is 5.55. The van der Waals surface area contributed by atoms with Crippen molar-refractivity contribution in [1.82, 2.24) is 0 Å². The second-order valence-electron chi connectivity index (χ2n) is 9.28.